The molecule has 0 aliphatic rings. The zero-order chi connectivity index (χ0) is 14.0. The molecule has 1 aromatic carbocycles. The van der Waals surface area contributed by atoms with Crippen molar-refractivity contribution in [1.82, 2.24) is 4.98 Å². The molecule has 0 aliphatic heterocycles. The summed E-state index contributed by atoms with van der Waals surface area (Å²) >= 11 is 3.58. The van der Waals surface area contributed by atoms with Gasteiger partial charge in [-0.25, -0.2) is 4.98 Å². The number of nitrogens with zero attached hydrogens (tertiary/aromatic N) is 2. The van der Waals surface area contributed by atoms with E-state index in [1.54, 1.807) is 6.20 Å². The van der Waals surface area contributed by atoms with Gasteiger partial charge in [-0.05, 0) is 40.9 Å². The van der Waals surface area contributed by atoms with Crippen molar-refractivity contribution in [3.05, 3.63) is 51.6 Å². The van der Waals surface area contributed by atoms with Crippen LogP contribution >= 0.6 is 15.9 Å². The van der Waals surface area contributed by atoms with Gasteiger partial charge in [-0.1, -0.05) is 29.8 Å². The van der Waals surface area contributed by atoms with Gasteiger partial charge in [0.25, 0.3) is 0 Å². The van der Waals surface area contributed by atoms with Crippen molar-refractivity contribution in [1.29, 1.82) is 0 Å². The summed E-state index contributed by atoms with van der Waals surface area (Å²) in [7, 11) is 2.03. The van der Waals surface area contributed by atoms with Gasteiger partial charge in [0.1, 0.15) is 5.82 Å². The topological polar surface area (TPSA) is 42.2 Å². The van der Waals surface area contributed by atoms with Crippen molar-refractivity contribution in [3.8, 4) is 0 Å². The van der Waals surface area contributed by atoms with Crippen LogP contribution in [0.3, 0.4) is 0 Å². The third-order valence-electron chi connectivity index (χ3n) is 3.15. The molecule has 0 atom stereocenters. The Morgan fingerprint density at radius 1 is 1.32 bits per heavy atom. The van der Waals surface area contributed by atoms with Crippen LogP contribution in [-0.2, 0) is 6.54 Å². The van der Waals surface area contributed by atoms with Crippen LogP contribution in [0.2, 0.25) is 0 Å². The van der Waals surface area contributed by atoms with Gasteiger partial charge in [0, 0.05) is 13.6 Å². The number of nitrogens with two attached hydrogens (primary N) is 1. The zero-order valence-electron chi connectivity index (χ0n) is 11.4. The average Bonchev–Trinajstić information content (AvgIpc) is 2.36. The highest BCUT2D eigenvalue weighted by Crippen LogP contribution is 2.30. The minimum atomic E-state index is 0.708. The lowest BCUT2D eigenvalue weighted by molar-refractivity contribution is 0.891. The van der Waals surface area contributed by atoms with Gasteiger partial charge in [0.2, 0.25) is 0 Å². The van der Waals surface area contributed by atoms with Gasteiger partial charge in [0.15, 0.2) is 0 Å². The molecule has 2 aromatic rings. The van der Waals surface area contributed by atoms with Crippen molar-refractivity contribution in [3.63, 3.8) is 0 Å². The molecule has 19 heavy (non-hydrogen) atoms. The van der Waals surface area contributed by atoms with Gasteiger partial charge >= 0.3 is 0 Å². The van der Waals surface area contributed by atoms with Crippen LogP contribution in [-0.4, -0.2) is 12.0 Å². The fourth-order valence-corrected chi connectivity index (χ4v) is 2.64. The first kappa shape index (κ1) is 13.9. The largest absolute Gasteiger partial charge is 0.397 e. The Bertz CT molecular complexity index is 596. The predicted octanol–water partition coefficient (Wildman–Crippen LogP) is 3.68. The van der Waals surface area contributed by atoms with Crippen molar-refractivity contribution in [2.45, 2.75) is 20.4 Å². The number of rotatable bonds is 3. The highest BCUT2D eigenvalue weighted by Gasteiger charge is 2.11. The van der Waals surface area contributed by atoms with Crippen LogP contribution in [0.15, 0.2) is 34.9 Å². The average molecular weight is 320 g/mol. The van der Waals surface area contributed by atoms with Crippen molar-refractivity contribution in [2.75, 3.05) is 17.7 Å². The molecule has 0 bridgehead atoms. The van der Waals surface area contributed by atoms with E-state index >= 15 is 0 Å². The van der Waals surface area contributed by atoms with E-state index in [2.05, 4.69) is 57.0 Å². The number of hydrogen-bond acceptors (Lipinski definition) is 3. The number of nitrogen functional groups attached to an aromatic ring is 1. The van der Waals surface area contributed by atoms with Crippen molar-refractivity contribution < 1.29 is 0 Å². The standard InChI is InChI=1S/C15H18BrN3/c1-10-5-4-6-12(7-10)9-19(3)15-14(16)11(2)13(17)8-18-15/h4-8H,9,17H2,1-3H3. The zero-order valence-corrected chi connectivity index (χ0v) is 13.0. The Labute approximate surface area is 122 Å². The smallest absolute Gasteiger partial charge is 0.143 e. The molecule has 0 radical (unpaired) electrons. The maximum atomic E-state index is 5.85. The number of anilines is 2. The maximum absolute atomic E-state index is 5.85. The van der Waals surface area contributed by atoms with Crippen molar-refractivity contribution >= 4 is 27.4 Å². The van der Waals surface area contributed by atoms with Crippen LogP contribution in [0.5, 0.6) is 0 Å². The summed E-state index contributed by atoms with van der Waals surface area (Å²) in [5.74, 6) is 0.910. The first-order chi connectivity index (χ1) is 8.99. The second-order valence-corrected chi connectivity index (χ2v) is 5.61. The molecule has 4 heteroatoms. The van der Waals surface area contributed by atoms with Gasteiger partial charge in [-0.2, -0.15) is 0 Å². The predicted molar refractivity (Wildman–Crippen MR) is 84.4 cm³/mol. The summed E-state index contributed by atoms with van der Waals surface area (Å²) in [4.78, 5) is 6.53. The van der Waals surface area contributed by atoms with Crippen LogP contribution in [0, 0.1) is 13.8 Å². The molecule has 1 aromatic heterocycles. The van der Waals surface area contributed by atoms with E-state index < -0.39 is 0 Å². The Morgan fingerprint density at radius 3 is 2.74 bits per heavy atom. The molecule has 3 nitrogen and oxygen atoms in total. The van der Waals surface area contributed by atoms with E-state index in [9.17, 15) is 0 Å². The number of benzene rings is 1. The molecular weight excluding hydrogens is 302 g/mol. The summed E-state index contributed by atoms with van der Waals surface area (Å²) < 4.78 is 0.961. The van der Waals surface area contributed by atoms with Gasteiger partial charge in [-0.3, -0.25) is 0 Å². The first-order valence-electron chi connectivity index (χ1n) is 6.16. The molecule has 0 unspecified atom stereocenters. The number of hydrogen-bond donors (Lipinski definition) is 1. The minimum absolute atomic E-state index is 0.708. The number of halogens is 1. The highest BCUT2D eigenvalue weighted by atomic mass is 79.9. The molecule has 0 saturated heterocycles. The second kappa shape index (κ2) is 5.61. The van der Waals surface area contributed by atoms with E-state index in [1.165, 1.54) is 11.1 Å². The lowest BCUT2D eigenvalue weighted by atomic mass is 10.1. The normalized spacial score (nSPS) is 10.5. The molecular formula is C15H18BrN3. The highest BCUT2D eigenvalue weighted by molar-refractivity contribution is 9.10. The third kappa shape index (κ3) is 3.07. The van der Waals surface area contributed by atoms with Gasteiger partial charge < -0.3 is 10.6 Å². The van der Waals surface area contributed by atoms with E-state index in [-0.39, 0.29) is 0 Å². The minimum Gasteiger partial charge on any atom is -0.397 e. The molecule has 0 saturated carbocycles. The monoisotopic (exact) mass is 319 g/mol. The first-order valence-corrected chi connectivity index (χ1v) is 6.95. The van der Waals surface area contributed by atoms with Crippen LogP contribution in [0.1, 0.15) is 16.7 Å². The molecule has 0 fully saturated rings. The number of aromatic nitrogens is 1. The molecule has 2 N–H and O–H groups in total. The summed E-state index contributed by atoms with van der Waals surface area (Å²) in [6.45, 7) is 4.91. The molecule has 0 aliphatic carbocycles. The van der Waals surface area contributed by atoms with Gasteiger partial charge in [0.05, 0.1) is 16.4 Å². The fourth-order valence-electron chi connectivity index (χ4n) is 2.00. The van der Waals surface area contributed by atoms with E-state index in [1.807, 2.05) is 14.0 Å². The Morgan fingerprint density at radius 2 is 2.05 bits per heavy atom. The summed E-state index contributed by atoms with van der Waals surface area (Å²) in [6, 6.07) is 8.50. The molecule has 0 spiro atoms. The quantitative estimate of drug-likeness (QED) is 0.938. The Kier molecular flexibility index (Phi) is 4.10. The lowest BCUT2D eigenvalue weighted by Gasteiger charge is -2.21. The number of aryl methyl sites for hydroxylation is 1. The summed E-state index contributed by atoms with van der Waals surface area (Å²) in [5.41, 5.74) is 10.1. The van der Waals surface area contributed by atoms with E-state index in [0.29, 0.717) is 5.69 Å². The van der Waals surface area contributed by atoms with Crippen LogP contribution < -0.4 is 10.6 Å². The second-order valence-electron chi connectivity index (χ2n) is 4.82. The molecule has 100 valence electrons. The third-order valence-corrected chi connectivity index (χ3v) is 4.10. The van der Waals surface area contributed by atoms with E-state index in [4.69, 9.17) is 5.73 Å². The molecule has 0 amide bonds. The Balaban J connectivity index is 2.25. The molecule has 1 heterocycles. The van der Waals surface area contributed by atoms with E-state index in [0.717, 1.165) is 22.4 Å². The van der Waals surface area contributed by atoms with Crippen molar-refractivity contribution in [2.24, 2.45) is 0 Å². The van der Waals surface area contributed by atoms with Gasteiger partial charge in [-0.15, -0.1) is 0 Å². The molecule has 2 rings (SSSR count). The maximum Gasteiger partial charge on any atom is 0.143 e. The van der Waals surface area contributed by atoms with Crippen LogP contribution in [0.25, 0.3) is 0 Å². The summed E-state index contributed by atoms with van der Waals surface area (Å²) in [6.07, 6.45) is 1.71. The summed E-state index contributed by atoms with van der Waals surface area (Å²) in [5, 5.41) is 0. The Hall–Kier alpha value is -1.55. The fraction of sp³-hybridized carbons (Fsp3) is 0.267. The number of pyridine rings is 1. The van der Waals surface area contributed by atoms with Crippen LogP contribution in [0.4, 0.5) is 11.5 Å². The lowest BCUT2D eigenvalue weighted by Crippen LogP contribution is -2.18. The SMILES string of the molecule is Cc1cccc(CN(C)c2ncc(N)c(C)c2Br)c1.